The summed E-state index contributed by atoms with van der Waals surface area (Å²) in [5, 5.41) is 20.2. The highest BCUT2D eigenvalue weighted by atomic mass is 35.5. The molecule has 3 aromatic rings. The van der Waals surface area contributed by atoms with Gasteiger partial charge in [0.2, 0.25) is 0 Å². The van der Waals surface area contributed by atoms with E-state index in [9.17, 15) is 9.59 Å². The Morgan fingerprint density at radius 2 is 2.08 bits per heavy atom. The monoisotopic (exact) mass is 359 g/mol. The first-order valence-electron chi connectivity index (χ1n) is 7.33. The number of rotatable bonds is 6. The van der Waals surface area contributed by atoms with Crippen molar-refractivity contribution < 1.29 is 14.7 Å². The summed E-state index contributed by atoms with van der Waals surface area (Å²) in [5.41, 5.74) is 1.63. The Bertz CT molecular complexity index is 918. The van der Waals surface area contributed by atoms with Crippen molar-refractivity contribution in [2.45, 2.75) is 13.1 Å². The van der Waals surface area contributed by atoms with Crippen LogP contribution in [0, 0.1) is 0 Å². The molecule has 128 valence electrons. The average Bonchev–Trinajstić information content (AvgIpc) is 3.16. The lowest BCUT2D eigenvalue weighted by Gasteiger charge is -2.05. The van der Waals surface area contributed by atoms with Gasteiger partial charge in [0.15, 0.2) is 0 Å². The molecule has 2 aromatic heterocycles. The molecule has 0 saturated heterocycles. The second-order valence-electron chi connectivity index (χ2n) is 5.28. The number of halogens is 1. The molecule has 25 heavy (non-hydrogen) atoms. The maximum atomic E-state index is 12.3. The molecular formula is C16H14ClN5O3. The van der Waals surface area contributed by atoms with E-state index in [1.807, 2.05) is 18.2 Å². The van der Waals surface area contributed by atoms with Gasteiger partial charge in [-0.2, -0.15) is 10.2 Å². The molecular weight excluding hydrogens is 346 g/mol. The Morgan fingerprint density at radius 1 is 1.24 bits per heavy atom. The number of carbonyl (C=O) groups excluding carboxylic acids is 1. The van der Waals surface area contributed by atoms with Gasteiger partial charge < -0.3 is 10.4 Å². The summed E-state index contributed by atoms with van der Waals surface area (Å²) >= 11 is 5.96. The SMILES string of the molecule is O=C(O)Cn1nccc1C(=O)Nc1cnn(Cc2cccc(Cl)c2)c1. The summed E-state index contributed by atoms with van der Waals surface area (Å²) in [6.07, 6.45) is 4.57. The van der Waals surface area contributed by atoms with Crippen LogP contribution in [0.3, 0.4) is 0 Å². The lowest BCUT2D eigenvalue weighted by Crippen LogP contribution is -2.20. The highest BCUT2D eigenvalue weighted by Gasteiger charge is 2.15. The molecule has 3 rings (SSSR count). The van der Waals surface area contributed by atoms with Gasteiger partial charge in [-0.05, 0) is 23.8 Å². The second kappa shape index (κ2) is 7.18. The van der Waals surface area contributed by atoms with Crippen molar-refractivity contribution in [3.63, 3.8) is 0 Å². The number of carbonyl (C=O) groups is 2. The first-order valence-corrected chi connectivity index (χ1v) is 7.71. The molecule has 0 unspecified atom stereocenters. The zero-order valence-corrected chi connectivity index (χ0v) is 13.7. The fourth-order valence-electron chi connectivity index (χ4n) is 2.31. The van der Waals surface area contributed by atoms with Crippen molar-refractivity contribution in [3.05, 3.63) is 65.2 Å². The van der Waals surface area contributed by atoms with E-state index in [4.69, 9.17) is 16.7 Å². The van der Waals surface area contributed by atoms with Gasteiger partial charge in [-0.1, -0.05) is 23.7 Å². The Morgan fingerprint density at radius 3 is 2.84 bits per heavy atom. The molecule has 1 amide bonds. The van der Waals surface area contributed by atoms with Crippen LogP contribution in [-0.2, 0) is 17.9 Å². The predicted molar refractivity (Wildman–Crippen MR) is 90.6 cm³/mol. The summed E-state index contributed by atoms with van der Waals surface area (Å²) in [5.74, 6) is -1.53. The third-order valence-electron chi connectivity index (χ3n) is 3.36. The van der Waals surface area contributed by atoms with Crippen molar-refractivity contribution >= 4 is 29.2 Å². The maximum absolute atomic E-state index is 12.3. The van der Waals surface area contributed by atoms with Gasteiger partial charge in [-0.25, -0.2) is 4.68 Å². The van der Waals surface area contributed by atoms with Crippen LogP contribution in [0.25, 0.3) is 0 Å². The first-order chi connectivity index (χ1) is 12.0. The summed E-state index contributed by atoms with van der Waals surface area (Å²) in [6.45, 7) is 0.122. The number of hydrogen-bond acceptors (Lipinski definition) is 4. The van der Waals surface area contributed by atoms with Crippen molar-refractivity contribution in [2.75, 3.05) is 5.32 Å². The van der Waals surface area contributed by atoms with E-state index in [0.29, 0.717) is 17.3 Å². The molecule has 0 bridgehead atoms. The normalized spacial score (nSPS) is 10.6. The van der Waals surface area contributed by atoms with E-state index in [0.717, 1.165) is 10.2 Å². The number of nitrogens with one attached hydrogen (secondary N) is 1. The third-order valence-corrected chi connectivity index (χ3v) is 3.59. The number of hydrogen-bond donors (Lipinski definition) is 2. The lowest BCUT2D eigenvalue weighted by atomic mass is 10.2. The number of carboxylic acid groups (broad SMARTS) is 1. The van der Waals surface area contributed by atoms with E-state index in [2.05, 4.69) is 15.5 Å². The molecule has 2 N–H and O–H groups in total. The van der Waals surface area contributed by atoms with Gasteiger partial charge in [-0.3, -0.25) is 14.3 Å². The van der Waals surface area contributed by atoms with Crippen molar-refractivity contribution in [3.8, 4) is 0 Å². The predicted octanol–water partition coefficient (Wildman–Crippen LogP) is 2.12. The van der Waals surface area contributed by atoms with Gasteiger partial charge in [-0.15, -0.1) is 0 Å². The molecule has 0 aliphatic rings. The standard InChI is InChI=1S/C16H14ClN5O3/c17-12-3-1-2-11(6-12)8-21-9-13(7-19-21)20-16(25)14-4-5-18-22(14)10-15(23)24/h1-7,9H,8,10H2,(H,20,25)(H,23,24). The van der Waals surface area contributed by atoms with Crippen molar-refractivity contribution in [1.29, 1.82) is 0 Å². The van der Waals surface area contributed by atoms with Gasteiger partial charge in [0.25, 0.3) is 5.91 Å². The van der Waals surface area contributed by atoms with E-state index < -0.39 is 11.9 Å². The number of carboxylic acids is 1. The largest absolute Gasteiger partial charge is 0.480 e. The van der Waals surface area contributed by atoms with E-state index in [1.54, 1.807) is 16.9 Å². The number of benzene rings is 1. The van der Waals surface area contributed by atoms with Crippen LogP contribution >= 0.6 is 11.6 Å². The minimum atomic E-state index is -1.08. The quantitative estimate of drug-likeness (QED) is 0.701. The van der Waals surface area contributed by atoms with E-state index in [-0.39, 0.29) is 12.2 Å². The Hall–Kier alpha value is -3.13. The smallest absolute Gasteiger partial charge is 0.325 e. The number of aliphatic carboxylic acids is 1. The van der Waals surface area contributed by atoms with Gasteiger partial charge in [0.05, 0.1) is 18.4 Å². The van der Waals surface area contributed by atoms with Crippen LogP contribution in [0.2, 0.25) is 5.02 Å². The molecule has 0 aliphatic carbocycles. The molecule has 9 heteroatoms. The lowest BCUT2D eigenvalue weighted by molar-refractivity contribution is -0.137. The van der Waals surface area contributed by atoms with E-state index >= 15 is 0 Å². The summed E-state index contributed by atoms with van der Waals surface area (Å²) < 4.78 is 2.78. The Labute approximate surface area is 147 Å². The van der Waals surface area contributed by atoms with Gasteiger partial charge in [0, 0.05) is 17.4 Å². The third kappa shape index (κ3) is 4.24. The first kappa shape index (κ1) is 16.7. The minimum absolute atomic E-state index is 0.157. The van der Waals surface area contributed by atoms with Crippen LogP contribution in [0.5, 0.6) is 0 Å². The fraction of sp³-hybridized carbons (Fsp3) is 0.125. The van der Waals surface area contributed by atoms with Crippen LogP contribution in [0.15, 0.2) is 48.9 Å². The molecule has 0 aliphatic heterocycles. The molecule has 0 radical (unpaired) electrons. The molecule has 2 heterocycles. The van der Waals surface area contributed by atoms with Crippen LogP contribution in [-0.4, -0.2) is 36.5 Å². The van der Waals surface area contributed by atoms with E-state index in [1.165, 1.54) is 18.5 Å². The maximum Gasteiger partial charge on any atom is 0.325 e. The zero-order valence-electron chi connectivity index (χ0n) is 13.0. The zero-order chi connectivity index (χ0) is 17.8. The van der Waals surface area contributed by atoms with Crippen molar-refractivity contribution in [2.24, 2.45) is 0 Å². The average molecular weight is 360 g/mol. The number of aromatic nitrogens is 4. The molecule has 0 fully saturated rings. The molecule has 0 saturated carbocycles. The topological polar surface area (TPSA) is 102 Å². The fourth-order valence-corrected chi connectivity index (χ4v) is 2.52. The molecule has 1 aromatic carbocycles. The molecule has 0 spiro atoms. The number of anilines is 1. The number of nitrogens with zero attached hydrogens (tertiary/aromatic N) is 4. The highest BCUT2D eigenvalue weighted by molar-refractivity contribution is 6.30. The minimum Gasteiger partial charge on any atom is -0.480 e. The summed E-state index contributed by atoms with van der Waals surface area (Å²) in [6, 6.07) is 8.87. The number of amides is 1. The van der Waals surface area contributed by atoms with Crippen molar-refractivity contribution in [1.82, 2.24) is 19.6 Å². The van der Waals surface area contributed by atoms with Crippen LogP contribution < -0.4 is 5.32 Å². The summed E-state index contributed by atoms with van der Waals surface area (Å²) in [7, 11) is 0. The van der Waals surface area contributed by atoms with Crippen LogP contribution in [0.4, 0.5) is 5.69 Å². The van der Waals surface area contributed by atoms with Gasteiger partial charge >= 0.3 is 5.97 Å². The highest BCUT2D eigenvalue weighted by Crippen LogP contribution is 2.13. The Balaban J connectivity index is 1.68. The second-order valence-corrected chi connectivity index (χ2v) is 5.71. The summed E-state index contributed by atoms with van der Waals surface area (Å²) in [4.78, 5) is 23.1. The Kier molecular flexibility index (Phi) is 4.80. The van der Waals surface area contributed by atoms with Gasteiger partial charge in [0.1, 0.15) is 12.2 Å². The van der Waals surface area contributed by atoms with Crippen LogP contribution in [0.1, 0.15) is 16.1 Å². The molecule has 0 atom stereocenters. The molecule has 8 nitrogen and oxygen atoms in total.